The number of hydrogen-bond donors (Lipinski definition) is 0. The van der Waals surface area contributed by atoms with E-state index in [4.69, 9.17) is 4.98 Å². The van der Waals surface area contributed by atoms with Gasteiger partial charge in [0, 0.05) is 44.8 Å². The highest BCUT2D eigenvalue weighted by molar-refractivity contribution is 5.95. The number of benzene rings is 2. The van der Waals surface area contributed by atoms with E-state index >= 15 is 0 Å². The van der Waals surface area contributed by atoms with Gasteiger partial charge in [0.15, 0.2) is 0 Å². The van der Waals surface area contributed by atoms with Crippen LogP contribution in [0.1, 0.15) is 13.8 Å². The van der Waals surface area contributed by atoms with Crippen molar-refractivity contribution >= 4 is 16.6 Å². The zero-order valence-corrected chi connectivity index (χ0v) is 17.6. The molecule has 0 aliphatic carbocycles. The van der Waals surface area contributed by atoms with Crippen LogP contribution in [0.5, 0.6) is 0 Å². The molecule has 1 aromatic heterocycles. The molecule has 0 N–H and O–H groups in total. The molecule has 0 unspecified atom stereocenters. The van der Waals surface area contributed by atoms with Crippen LogP contribution < -0.4 is 4.90 Å². The maximum atomic E-state index is 4.98. The number of likely N-dealkylation sites (N-methyl/N-ethyl adjacent to an activating group) is 1. The number of piperazine rings is 1. The van der Waals surface area contributed by atoms with E-state index in [0.717, 1.165) is 69.4 Å². The molecule has 1 saturated heterocycles. The van der Waals surface area contributed by atoms with E-state index in [0.29, 0.717) is 0 Å². The second kappa shape index (κ2) is 9.33. The SMILES string of the molecule is CCN(CC)CCN1CCN(c2cncc(-c3cccc4ccccc34)n2)CC1. The van der Waals surface area contributed by atoms with Gasteiger partial charge in [-0.25, -0.2) is 4.98 Å². The fourth-order valence-corrected chi connectivity index (χ4v) is 4.11. The Kier molecular flexibility index (Phi) is 6.37. The van der Waals surface area contributed by atoms with E-state index in [-0.39, 0.29) is 0 Å². The van der Waals surface area contributed by atoms with Gasteiger partial charge in [-0.2, -0.15) is 0 Å². The summed E-state index contributed by atoms with van der Waals surface area (Å²) in [6, 6.07) is 14.9. The summed E-state index contributed by atoms with van der Waals surface area (Å²) in [7, 11) is 0. The Morgan fingerprint density at radius 1 is 0.897 bits per heavy atom. The highest BCUT2D eigenvalue weighted by Gasteiger charge is 2.19. The average molecular weight is 390 g/mol. The van der Waals surface area contributed by atoms with Gasteiger partial charge >= 0.3 is 0 Å². The van der Waals surface area contributed by atoms with E-state index < -0.39 is 0 Å². The minimum absolute atomic E-state index is 0.947. The Labute approximate surface area is 174 Å². The summed E-state index contributed by atoms with van der Waals surface area (Å²) in [5, 5.41) is 2.46. The molecular formula is C24H31N5. The minimum Gasteiger partial charge on any atom is -0.353 e. The molecule has 1 aliphatic rings. The fourth-order valence-electron chi connectivity index (χ4n) is 4.11. The van der Waals surface area contributed by atoms with Gasteiger partial charge in [0.25, 0.3) is 0 Å². The molecule has 0 spiro atoms. The lowest BCUT2D eigenvalue weighted by Crippen LogP contribution is -2.48. The highest BCUT2D eigenvalue weighted by Crippen LogP contribution is 2.28. The van der Waals surface area contributed by atoms with Crippen molar-refractivity contribution in [1.82, 2.24) is 19.8 Å². The molecule has 1 aliphatic heterocycles. The Morgan fingerprint density at radius 2 is 1.66 bits per heavy atom. The fraction of sp³-hybridized carbons (Fsp3) is 0.417. The third kappa shape index (κ3) is 4.57. The van der Waals surface area contributed by atoms with Crippen molar-refractivity contribution in [3.8, 4) is 11.3 Å². The Hall–Kier alpha value is -2.50. The van der Waals surface area contributed by atoms with E-state index in [1.54, 1.807) is 0 Å². The molecule has 3 aromatic rings. The van der Waals surface area contributed by atoms with Crippen molar-refractivity contribution in [2.24, 2.45) is 0 Å². The number of fused-ring (bicyclic) bond motifs is 1. The first kappa shape index (κ1) is 19.8. The molecule has 152 valence electrons. The first-order chi connectivity index (χ1) is 14.3. The van der Waals surface area contributed by atoms with Gasteiger partial charge in [-0.3, -0.25) is 9.88 Å². The van der Waals surface area contributed by atoms with Gasteiger partial charge < -0.3 is 9.80 Å². The van der Waals surface area contributed by atoms with Crippen molar-refractivity contribution in [3.05, 3.63) is 54.9 Å². The number of aromatic nitrogens is 2. The molecule has 1 fully saturated rings. The third-order valence-electron chi connectivity index (χ3n) is 6.01. The standard InChI is InChI=1S/C24H31N5/c1-3-27(4-2)12-13-28-14-16-29(17-15-28)24-19-25-18-23(26-24)22-11-7-9-20-8-5-6-10-21(20)22/h5-11,18-19H,3-4,12-17H2,1-2H3. The molecule has 29 heavy (non-hydrogen) atoms. The largest absolute Gasteiger partial charge is 0.353 e. The van der Waals surface area contributed by atoms with Crippen LogP contribution in [0.2, 0.25) is 0 Å². The van der Waals surface area contributed by atoms with E-state index in [2.05, 4.69) is 76.0 Å². The number of hydrogen-bond acceptors (Lipinski definition) is 5. The van der Waals surface area contributed by atoms with Gasteiger partial charge in [0.2, 0.25) is 0 Å². The first-order valence-electron chi connectivity index (χ1n) is 10.8. The lowest BCUT2D eigenvalue weighted by Gasteiger charge is -2.36. The van der Waals surface area contributed by atoms with Crippen molar-refractivity contribution in [3.63, 3.8) is 0 Å². The molecule has 0 radical (unpaired) electrons. The van der Waals surface area contributed by atoms with Crippen molar-refractivity contribution in [2.45, 2.75) is 13.8 Å². The van der Waals surface area contributed by atoms with Crippen LogP contribution in [0.4, 0.5) is 5.82 Å². The van der Waals surface area contributed by atoms with Gasteiger partial charge in [0.1, 0.15) is 5.82 Å². The second-order valence-electron chi connectivity index (χ2n) is 7.64. The Balaban J connectivity index is 1.45. The van der Waals surface area contributed by atoms with Crippen LogP contribution in [-0.4, -0.2) is 72.1 Å². The summed E-state index contributed by atoms with van der Waals surface area (Å²) in [6.07, 6.45) is 3.78. The van der Waals surface area contributed by atoms with Crippen LogP contribution >= 0.6 is 0 Å². The monoisotopic (exact) mass is 389 g/mol. The van der Waals surface area contributed by atoms with E-state index in [1.165, 1.54) is 10.8 Å². The van der Waals surface area contributed by atoms with Crippen LogP contribution in [0.25, 0.3) is 22.0 Å². The predicted octanol–water partition coefficient (Wildman–Crippen LogP) is 3.76. The topological polar surface area (TPSA) is 35.5 Å². The molecule has 2 heterocycles. The zero-order chi connectivity index (χ0) is 20.1. The summed E-state index contributed by atoms with van der Waals surface area (Å²) in [5.41, 5.74) is 2.10. The average Bonchev–Trinajstić information content (AvgIpc) is 2.80. The van der Waals surface area contributed by atoms with Crippen molar-refractivity contribution < 1.29 is 0 Å². The van der Waals surface area contributed by atoms with Gasteiger partial charge in [-0.1, -0.05) is 56.3 Å². The Morgan fingerprint density at radius 3 is 2.45 bits per heavy atom. The van der Waals surface area contributed by atoms with E-state index in [9.17, 15) is 0 Å². The maximum absolute atomic E-state index is 4.98. The lowest BCUT2D eigenvalue weighted by atomic mass is 10.0. The molecule has 5 heteroatoms. The van der Waals surface area contributed by atoms with Crippen LogP contribution in [0, 0.1) is 0 Å². The molecule has 0 bridgehead atoms. The van der Waals surface area contributed by atoms with Crippen LogP contribution in [0.15, 0.2) is 54.9 Å². The lowest BCUT2D eigenvalue weighted by molar-refractivity contribution is 0.205. The number of anilines is 1. The summed E-state index contributed by atoms with van der Waals surface area (Å²) >= 11 is 0. The second-order valence-corrected chi connectivity index (χ2v) is 7.64. The molecule has 2 aromatic carbocycles. The maximum Gasteiger partial charge on any atom is 0.147 e. The summed E-state index contributed by atoms with van der Waals surface area (Å²) in [4.78, 5) is 16.9. The van der Waals surface area contributed by atoms with Crippen molar-refractivity contribution in [2.75, 3.05) is 57.3 Å². The van der Waals surface area contributed by atoms with E-state index in [1.807, 2.05) is 12.4 Å². The molecule has 0 atom stereocenters. The summed E-state index contributed by atoms with van der Waals surface area (Å²) < 4.78 is 0. The smallest absolute Gasteiger partial charge is 0.147 e. The van der Waals surface area contributed by atoms with Gasteiger partial charge in [-0.05, 0) is 23.9 Å². The predicted molar refractivity (Wildman–Crippen MR) is 121 cm³/mol. The molecule has 0 amide bonds. The minimum atomic E-state index is 0.947. The number of rotatable bonds is 7. The molecule has 0 saturated carbocycles. The normalized spacial score (nSPS) is 15.3. The first-order valence-corrected chi connectivity index (χ1v) is 10.8. The Bertz CT molecular complexity index is 924. The number of nitrogens with zero attached hydrogens (tertiary/aromatic N) is 5. The third-order valence-corrected chi connectivity index (χ3v) is 6.01. The molecular weight excluding hydrogens is 358 g/mol. The zero-order valence-electron chi connectivity index (χ0n) is 17.6. The highest BCUT2D eigenvalue weighted by atomic mass is 15.3. The van der Waals surface area contributed by atoms with Crippen LogP contribution in [-0.2, 0) is 0 Å². The van der Waals surface area contributed by atoms with Gasteiger partial charge in [0.05, 0.1) is 18.1 Å². The molecule has 5 nitrogen and oxygen atoms in total. The van der Waals surface area contributed by atoms with Crippen LogP contribution in [0.3, 0.4) is 0 Å². The quantitative estimate of drug-likeness (QED) is 0.615. The summed E-state index contributed by atoms with van der Waals surface area (Å²) in [5.74, 6) is 0.985. The molecule has 4 rings (SSSR count). The summed E-state index contributed by atoms with van der Waals surface area (Å²) in [6.45, 7) is 13.2. The van der Waals surface area contributed by atoms with Crippen molar-refractivity contribution in [1.29, 1.82) is 0 Å². The van der Waals surface area contributed by atoms with Gasteiger partial charge in [-0.15, -0.1) is 0 Å².